The minimum absolute atomic E-state index is 0.0622. The summed E-state index contributed by atoms with van der Waals surface area (Å²) in [6.45, 7) is 4.61. The second kappa shape index (κ2) is 9.58. The second-order valence-corrected chi connectivity index (χ2v) is 8.17. The van der Waals surface area contributed by atoms with Gasteiger partial charge in [-0.3, -0.25) is 9.89 Å². The summed E-state index contributed by atoms with van der Waals surface area (Å²) in [6, 6.07) is 17.7. The standard InChI is InChI=1S/C24H31FN4O/c1-26-23(28-18-24(10-11-24)20-7-3-2-4-8-20)27-17-22(29-12-14-30-15-13-29)19-6-5-9-21(25)16-19/h2-9,16,22H,10-15,17-18H2,1H3,(H2,26,27,28). The molecule has 2 aliphatic rings. The highest BCUT2D eigenvalue weighted by Gasteiger charge is 2.44. The van der Waals surface area contributed by atoms with Crippen molar-refractivity contribution in [3.8, 4) is 0 Å². The molecule has 6 heteroatoms. The van der Waals surface area contributed by atoms with Gasteiger partial charge >= 0.3 is 0 Å². The van der Waals surface area contributed by atoms with Gasteiger partial charge in [0.2, 0.25) is 0 Å². The van der Waals surface area contributed by atoms with E-state index in [-0.39, 0.29) is 17.3 Å². The van der Waals surface area contributed by atoms with Crippen molar-refractivity contribution >= 4 is 5.96 Å². The highest BCUT2D eigenvalue weighted by Crippen LogP contribution is 2.47. The SMILES string of the molecule is CN=C(NCC(c1cccc(F)c1)N1CCOCC1)NCC1(c2ccccc2)CC1. The summed E-state index contributed by atoms with van der Waals surface area (Å²) in [5.74, 6) is 0.582. The molecule has 160 valence electrons. The second-order valence-electron chi connectivity index (χ2n) is 8.17. The van der Waals surface area contributed by atoms with Crippen LogP contribution in [0.3, 0.4) is 0 Å². The molecule has 2 aromatic carbocycles. The van der Waals surface area contributed by atoms with Crippen molar-refractivity contribution in [1.29, 1.82) is 0 Å². The lowest BCUT2D eigenvalue weighted by molar-refractivity contribution is 0.0169. The van der Waals surface area contributed by atoms with Crippen molar-refractivity contribution in [3.05, 3.63) is 71.5 Å². The van der Waals surface area contributed by atoms with Crippen molar-refractivity contribution in [2.24, 2.45) is 4.99 Å². The Hall–Kier alpha value is -2.44. The van der Waals surface area contributed by atoms with E-state index in [9.17, 15) is 4.39 Å². The molecular formula is C24H31FN4O. The zero-order valence-corrected chi connectivity index (χ0v) is 17.6. The zero-order valence-electron chi connectivity index (χ0n) is 17.6. The van der Waals surface area contributed by atoms with Crippen molar-refractivity contribution in [3.63, 3.8) is 0 Å². The fourth-order valence-electron chi connectivity index (χ4n) is 4.24. The molecule has 0 radical (unpaired) electrons. The Morgan fingerprint density at radius 3 is 2.53 bits per heavy atom. The topological polar surface area (TPSA) is 48.9 Å². The number of nitrogens with zero attached hydrogens (tertiary/aromatic N) is 2. The monoisotopic (exact) mass is 410 g/mol. The molecule has 2 aromatic rings. The third-order valence-corrected chi connectivity index (χ3v) is 6.24. The van der Waals surface area contributed by atoms with Crippen LogP contribution in [0, 0.1) is 5.82 Å². The van der Waals surface area contributed by atoms with Gasteiger partial charge in [0, 0.05) is 38.6 Å². The van der Waals surface area contributed by atoms with Gasteiger partial charge in [-0.15, -0.1) is 0 Å². The Balaban J connectivity index is 1.39. The third kappa shape index (κ3) is 4.99. The number of guanidine groups is 1. The van der Waals surface area contributed by atoms with E-state index in [0.29, 0.717) is 19.8 Å². The van der Waals surface area contributed by atoms with E-state index >= 15 is 0 Å². The first-order valence-corrected chi connectivity index (χ1v) is 10.8. The van der Waals surface area contributed by atoms with Crippen LogP contribution in [0.4, 0.5) is 4.39 Å². The van der Waals surface area contributed by atoms with Crippen LogP contribution in [-0.4, -0.2) is 57.3 Å². The minimum atomic E-state index is -0.202. The van der Waals surface area contributed by atoms with Crippen molar-refractivity contribution in [2.45, 2.75) is 24.3 Å². The summed E-state index contributed by atoms with van der Waals surface area (Å²) in [7, 11) is 1.79. The fraction of sp³-hybridized carbons (Fsp3) is 0.458. The molecule has 2 N–H and O–H groups in total. The van der Waals surface area contributed by atoms with Gasteiger partial charge in [0.1, 0.15) is 5.82 Å². The molecule has 30 heavy (non-hydrogen) atoms. The molecule has 5 nitrogen and oxygen atoms in total. The van der Waals surface area contributed by atoms with Crippen molar-refractivity contribution in [2.75, 3.05) is 46.4 Å². The average molecular weight is 411 g/mol. The van der Waals surface area contributed by atoms with Gasteiger partial charge in [-0.2, -0.15) is 0 Å². The van der Waals surface area contributed by atoms with E-state index in [1.165, 1.54) is 24.5 Å². The van der Waals surface area contributed by atoms with Gasteiger partial charge in [0.15, 0.2) is 5.96 Å². The number of benzene rings is 2. The Kier molecular flexibility index (Phi) is 6.65. The predicted octanol–water partition coefficient (Wildman–Crippen LogP) is 3.10. The van der Waals surface area contributed by atoms with Crippen LogP contribution in [0.5, 0.6) is 0 Å². The van der Waals surface area contributed by atoms with Crippen molar-refractivity contribution in [1.82, 2.24) is 15.5 Å². The third-order valence-electron chi connectivity index (χ3n) is 6.24. The van der Waals surface area contributed by atoms with Crippen LogP contribution in [-0.2, 0) is 10.2 Å². The lowest BCUT2D eigenvalue weighted by Crippen LogP contribution is -2.47. The highest BCUT2D eigenvalue weighted by atomic mass is 19.1. The van der Waals surface area contributed by atoms with Gasteiger partial charge in [-0.1, -0.05) is 42.5 Å². The smallest absolute Gasteiger partial charge is 0.191 e. The number of nitrogens with one attached hydrogen (secondary N) is 2. The number of hydrogen-bond donors (Lipinski definition) is 2. The summed E-state index contributed by atoms with van der Waals surface area (Å²) >= 11 is 0. The first kappa shape index (κ1) is 20.8. The first-order valence-electron chi connectivity index (χ1n) is 10.8. The zero-order chi connectivity index (χ0) is 20.8. The molecule has 1 saturated carbocycles. The Morgan fingerprint density at radius 1 is 1.10 bits per heavy atom. The maximum Gasteiger partial charge on any atom is 0.191 e. The summed E-state index contributed by atoms with van der Waals surface area (Å²) in [4.78, 5) is 6.77. The molecule has 1 saturated heterocycles. The number of morpholine rings is 1. The molecule has 4 rings (SSSR count). The molecule has 1 unspecified atom stereocenters. The molecule has 2 fully saturated rings. The number of halogens is 1. The summed E-state index contributed by atoms with van der Waals surface area (Å²) in [6.07, 6.45) is 2.39. The van der Waals surface area contributed by atoms with Crippen LogP contribution in [0.2, 0.25) is 0 Å². The highest BCUT2D eigenvalue weighted by molar-refractivity contribution is 5.79. The van der Waals surface area contributed by atoms with Gasteiger partial charge in [-0.05, 0) is 36.1 Å². The van der Waals surface area contributed by atoms with E-state index < -0.39 is 0 Å². The first-order chi connectivity index (χ1) is 14.7. The van der Waals surface area contributed by atoms with E-state index in [4.69, 9.17) is 4.74 Å². The largest absolute Gasteiger partial charge is 0.379 e. The predicted molar refractivity (Wildman–Crippen MR) is 118 cm³/mol. The summed E-state index contributed by atoms with van der Waals surface area (Å²) in [5, 5.41) is 6.98. The normalized spacial score (nSPS) is 19.9. The molecule has 0 amide bonds. The Labute approximate surface area is 178 Å². The van der Waals surface area contributed by atoms with Crippen molar-refractivity contribution < 1.29 is 9.13 Å². The maximum absolute atomic E-state index is 13.9. The number of aliphatic imine (C=N–C) groups is 1. The van der Waals surface area contributed by atoms with Gasteiger partial charge in [-0.25, -0.2) is 4.39 Å². The van der Waals surface area contributed by atoms with Crippen LogP contribution in [0.25, 0.3) is 0 Å². The van der Waals surface area contributed by atoms with Crippen LogP contribution < -0.4 is 10.6 Å². The molecule has 1 heterocycles. The Morgan fingerprint density at radius 2 is 1.87 bits per heavy atom. The van der Waals surface area contributed by atoms with Crippen LogP contribution in [0.15, 0.2) is 59.6 Å². The van der Waals surface area contributed by atoms with Crippen LogP contribution in [0.1, 0.15) is 30.0 Å². The molecule has 1 aliphatic carbocycles. The maximum atomic E-state index is 13.9. The minimum Gasteiger partial charge on any atom is -0.379 e. The molecule has 1 atom stereocenters. The molecule has 0 aromatic heterocycles. The number of hydrogen-bond acceptors (Lipinski definition) is 3. The van der Waals surface area contributed by atoms with E-state index in [1.54, 1.807) is 19.2 Å². The average Bonchev–Trinajstić information content (AvgIpc) is 3.59. The number of rotatable bonds is 7. The molecule has 0 bridgehead atoms. The van der Waals surface area contributed by atoms with Crippen LogP contribution >= 0.6 is 0 Å². The quantitative estimate of drug-likeness (QED) is 0.544. The molecule has 1 aliphatic heterocycles. The van der Waals surface area contributed by atoms with Gasteiger partial charge in [0.25, 0.3) is 0 Å². The van der Waals surface area contributed by atoms with Gasteiger partial charge < -0.3 is 15.4 Å². The van der Waals surface area contributed by atoms with E-state index in [2.05, 4.69) is 50.9 Å². The van der Waals surface area contributed by atoms with E-state index in [0.717, 1.165) is 31.2 Å². The summed E-state index contributed by atoms with van der Waals surface area (Å²) < 4.78 is 19.4. The Bertz CT molecular complexity index is 847. The lowest BCUT2D eigenvalue weighted by Gasteiger charge is -2.35. The fourth-order valence-corrected chi connectivity index (χ4v) is 4.24. The molecule has 0 spiro atoms. The van der Waals surface area contributed by atoms with E-state index in [1.807, 2.05) is 6.07 Å². The van der Waals surface area contributed by atoms with Gasteiger partial charge in [0.05, 0.1) is 19.3 Å². The molecular weight excluding hydrogens is 379 g/mol. The number of ether oxygens (including phenoxy) is 1. The summed E-state index contributed by atoms with van der Waals surface area (Å²) in [5.41, 5.74) is 2.58. The lowest BCUT2D eigenvalue weighted by atomic mass is 9.96.